The number of nitrogen functional groups attached to an aromatic ring is 2. The molecule has 0 bridgehead atoms. The van der Waals surface area contributed by atoms with Crippen LogP contribution in [0.4, 0.5) is 11.8 Å². The van der Waals surface area contributed by atoms with Crippen LogP contribution in [-0.2, 0) is 13.0 Å². The van der Waals surface area contributed by atoms with Crippen LogP contribution < -0.4 is 16.2 Å². The zero-order valence-electron chi connectivity index (χ0n) is 13.6. The normalized spacial score (nSPS) is 10.8. The first-order chi connectivity index (χ1) is 11.6. The molecule has 2 heterocycles. The van der Waals surface area contributed by atoms with E-state index in [1.54, 1.807) is 11.3 Å². The number of rotatable bonds is 5. The first-order valence-corrected chi connectivity index (χ1v) is 8.51. The Hall–Kier alpha value is -2.67. The third kappa shape index (κ3) is 3.46. The standard InChI is InChI=1S/C17H19N5OS/c1-3-13-14(15(18)22-17(19)21-13)23-8-12-9-24-16(20-12)11-6-4-10(2)5-7-11/h4-7,9H,3,8H2,1-2H3,(H4,18,19,21,22). The van der Waals surface area contributed by atoms with Crippen LogP contribution in [-0.4, -0.2) is 15.0 Å². The second kappa shape index (κ2) is 6.84. The first-order valence-electron chi connectivity index (χ1n) is 7.63. The van der Waals surface area contributed by atoms with E-state index in [4.69, 9.17) is 16.2 Å². The van der Waals surface area contributed by atoms with Crippen molar-refractivity contribution in [3.05, 3.63) is 46.6 Å². The highest BCUT2D eigenvalue weighted by Gasteiger charge is 2.13. The Morgan fingerprint density at radius 2 is 1.83 bits per heavy atom. The molecule has 0 amide bonds. The predicted octanol–water partition coefficient (Wildman–Crippen LogP) is 3.21. The van der Waals surface area contributed by atoms with Crippen LogP contribution in [0.1, 0.15) is 23.9 Å². The number of hydrogen-bond acceptors (Lipinski definition) is 7. The van der Waals surface area contributed by atoms with Crippen LogP contribution in [0.3, 0.4) is 0 Å². The van der Waals surface area contributed by atoms with Gasteiger partial charge in [0.2, 0.25) is 5.95 Å². The minimum atomic E-state index is 0.159. The Morgan fingerprint density at radius 3 is 2.54 bits per heavy atom. The summed E-state index contributed by atoms with van der Waals surface area (Å²) in [7, 11) is 0. The van der Waals surface area contributed by atoms with Crippen molar-refractivity contribution < 1.29 is 4.74 Å². The molecule has 0 aliphatic heterocycles. The van der Waals surface area contributed by atoms with Crippen LogP contribution in [0.25, 0.3) is 10.6 Å². The summed E-state index contributed by atoms with van der Waals surface area (Å²) in [5.74, 6) is 0.900. The smallest absolute Gasteiger partial charge is 0.222 e. The molecular weight excluding hydrogens is 322 g/mol. The summed E-state index contributed by atoms with van der Waals surface area (Å²) in [6.07, 6.45) is 0.665. The van der Waals surface area contributed by atoms with Gasteiger partial charge in [-0.15, -0.1) is 11.3 Å². The van der Waals surface area contributed by atoms with Crippen LogP contribution in [0.2, 0.25) is 0 Å². The van der Waals surface area contributed by atoms with E-state index in [-0.39, 0.29) is 11.8 Å². The third-order valence-electron chi connectivity index (χ3n) is 3.53. The fourth-order valence-corrected chi connectivity index (χ4v) is 3.09. The summed E-state index contributed by atoms with van der Waals surface area (Å²) in [4.78, 5) is 12.7. The van der Waals surface area contributed by atoms with Gasteiger partial charge in [-0.2, -0.15) is 4.98 Å². The van der Waals surface area contributed by atoms with Crippen molar-refractivity contribution in [2.75, 3.05) is 11.5 Å². The molecule has 0 spiro atoms. The lowest BCUT2D eigenvalue weighted by atomic mass is 10.2. The monoisotopic (exact) mass is 341 g/mol. The minimum absolute atomic E-state index is 0.159. The third-order valence-corrected chi connectivity index (χ3v) is 4.47. The van der Waals surface area contributed by atoms with Crippen LogP contribution in [0, 0.1) is 6.92 Å². The predicted molar refractivity (Wildman–Crippen MR) is 96.9 cm³/mol. The van der Waals surface area contributed by atoms with Gasteiger partial charge in [0.25, 0.3) is 0 Å². The fourth-order valence-electron chi connectivity index (χ4n) is 2.28. The van der Waals surface area contributed by atoms with Crippen molar-refractivity contribution in [2.45, 2.75) is 26.9 Å². The highest BCUT2D eigenvalue weighted by Crippen LogP contribution is 2.27. The van der Waals surface area contributed by atoms with Gasteiger partial charge in [-0.3, -0.25) is 0 Å². The zero-order valence-corrected chi connectivity index (χ0v) is 14.4. The summed E-state index contributed by atoms with van der Waals surface area (Å²) in [5, 5.41) is 2.95. The lowest BCUT2D eigenvalue weighted by molar-refractivity contribution is 0.298. The molecule has 0 saturated carbocycles. The van der Waals surface area contributed by atoms with E-state index in [9.17, 15) is 0 Å². The van der Waals surface area contributed by atoms with Gasteiger partial charge in [0, 0.05) is 10.9 Å². The van der Waals surface area contributed by atoms with Gasteiger partial charge in [0.15, 0.2) is 11.6 Å². The highest BCUT2D eigenvalue weighted by atomic mass is 32.1. The van der Waals surface area contributed by atoms with Crippen molar-refractivity contribution in [1.29, 1.82) is 0 Å². The molecule has 124 valence electrons. The van der Waals surface area contributed by atoms with Gasteiger partial charge in [0.05, 0.1) is 11.4 Å². The number of benzene rings is 1. The van der Waals surface area contributed by atoms with Gasteiger partial charge < -0.3 is 16.2 Å². The van der Waals surface area contributed by atoms with E-state index in [1.165, 1.54) is 5.56 Å². The summed E-state index contributed by atoms with van der Waals surface area (Å²) >= 11 is 1.59. The highest BCUT2D eigenvalue weighted by molar-refractivity contribution is 7.13. The average Bonchev–Trinajstić information content (AvgIpc) is 3.03. The second-order valence-corrected chi connectivity index (χ2v) is 6.25. The van der Waals surface area contributed by atoms with Gasteiger partial charge >= 0.3 is 0 Å². The van der Waals surface area contributed by atoms with E-state index in [2.05, 4.69) is 46.1 Å². The van der Waals surface area contributed by atoms with Crippen molar-refractivity contribution in [3.8, 4) is 16.3 Å². The van der Waals surface area contributed by atoms with Crippen LogP contribution in [0.5, 0.6) is 5.75 Å². The van der Waals surface area contributed by atoms with Gasteiger partial charge in [-0.05, 0) is 13.3 Å². The molecule has 4 N–H and O–H groups in total. The molecule has 3 rings (SSSR count). The van der Waals surface area contributed by atoms with Crippen LogP contribution in [0.15, 0.2) is 29.6 Å². The quantitative estimate of drug-likeness (QED) is 0.739. The summed E-state index contributed by atoms with van der Waals surface area (Å²) < 4.78 is 5.81. The Labute approximate surface area is 144 Å². The molecule has 0 aliphatic rings. The largest absolute Gasteiger partial charge is 0.481 e. The maximum atomic E-state index is 5.90. The summed E-state index contributed by atoms with van der Waals surface area (Å²) in [5.41, 5.74) is 15.4. The number of anilines is 2. The molecular formula is C17H19N5OS. The van der Waals surface area contributed by atoms with Crippen molar-refractivity contribution >= 4 is 23.1 Å². The number of nitrogens with two attached hydrogens (primary N) is 2. The molecule has 24 heavy (non-hydrogen) atoms. The van der Waals surface area contributed by atoms with Gasteiger partial charge in [0.1, 0.15) is 11.6 Å². The number of hydrogen-bond donors (Lipinski definition) is 2. The molecule has 0 fully saturated rings. The van der Waals surface area contributed by atoms with E-state index < -0.39 is 0 Å². The lowest BCUT2D eigenvalue weighted by Gasteiger charge is -2.11. The number of thiazole rings is 1. The Kier molecular flexibility index (Phi) is 4.61. The first kappa shape index (κ1) is 16.2. The van der Waals surface area contributed by atoms with Crippen molar-refractivity contribution in [2.24, 2.45) is 0 Å². The number of nitrogens with zero attached hydrogens (tertiary/aromatic N) is 3. The molecule has 0 atom stereocenters. The zero-order chi connectivity index (χ0) is 17.1. The summed E-state index contributed by atoms with van der Waals surface area (Å²) in [6.45, 7) is 4.34. The number of aromatic nitrogens is 3. The average molecular weight is 341 g/mol. The SMILES string of the molecule is CCc1nc(N)nc(N)c1OCc1csc(-c2ccc(C)cc2)n1. The molecule has 2 aromatic heterocycles. The molecule has 0 aliphatic carbocycles. The summed E-state index contributed by atoms with van der Waals surface area (Å²) in [6, 6.07) is 8.29. The van der Waals surface area contributed by atoms with Gasteiger partial charge in [-0.25, -0.2) is 9.97 Å². The van der Waals surface area contributed by atoms with Crippen molar-refractivity contribution in [3.63, 3.8) is 0 Å². The maximum Gasteiger partial charge on any atom is 0.222 e. The lowest BCUT2D eigenvalue weighted by Crippen LogP contribution is -2.08. The van der Waals surface area contributed by atoms with Crippen LogP contribution >= 0.6 is 11.3 Å². The topological polar surface area (TPSA) is 99.9 Å². The molecule has 6 nitrogen and oxygen atoms in total. The molecule has 7 heteroatoms. The molecule has 1 aromatic carbocycles. The van der Waals surface area contributed by atoms with E-state index in [0.717, 1.165) is 16.3 Å². The Balaban J connectivity index is 1.75. The molecule has 0 radical (unpaired) electrons. The van der Waals surface area contributed by atoms with Crippen molar-refractivity contribution in [1.82, 2.24) is 15.0 Å². The Bertz CT molecular complexity index is 845. The molecule has 3 aromatic rings. The van der Waals surface area contributed by atoms with Gasteiger partial charge in [-0.1, -0.05) is 36.8 Å². The van der Waals surface area contributed by atoms with E-state index >= 15 is 0 Å². The fraction of sp³-hybridized carbons (Fsp3) is 0.235. The van der Waals surface area contributed by atoms with E-state index in [1.807, 2.05) is 12.3 Å². The molecule has 0 saturated heterocycles. The minimum Gasteiger partial charge on any atom is -0.481 e. The maximum absolute atomic E-state index is 5.90. The number of aryl methyl sites for hydroxylation is 2. The number of ether oxygens (including phenoxy) is 1. The second-order valence-electron chi connectivity index (χ2n) is 5.40. The van der Waals surface area contributed by atoms with E-state index in [0.29, 0.717) is 24.5 Å². The Morgan fingerprint density at radius 1 is 1.08 bits per heavy atom. The molecule has 0 unspecified atom stereocenters.